The quantitative estimate of drug-likeness (QED) is 0.0261. The van der Waals surface area contributed by atoms with Crippen LogP contribution in [0.3, 0.4) is 0 Å². The molecule has 6 heteroatoms. The maximum absolute atomic E-state index is 12.9. The van der Waals surface area contributed by atoms with E-state index in [4.69, 9.17) is 14.2 Å². The Labute approximate surface area is 471 Å². The first-order valence-electron chi connectivity index (χ1n) is 29.9. The Balaban J connectivity index is 4.61. The van der Waals surface area contributed by atoms with Crippen LogP contribution in [-0.2, 0) is 28.6 Å². The van der Waals surface area contributed by atoms with Gasteiger partial charge >= 0.3 is 17.9 Å². The van der Waals surface area contributed by atoms with Crippen LogP contribution in [-0.4, -0.2) is 37.2 Å². The van der Waals surface area contributed by atoms with Gasteiger partial charge in [-0.15, -0.1) is 0 Å². The van der Waals surface area contributed by atoms with Gasteiger partial charge in [0.15, 0.2) is 6.10 Å². The van der Waals surface area contributed by atoms with Crippen LogP contribution in [0.4, 0.5) is 0 Å². The molecule has 0 amide bonds. The molecule has 0 aliphatic carbocycles. The molecule has 0 aromatic rings. The van der Waals surface area contributed by atoms with Crippen molar-refractivity contribution in [1.82, 2.24) is 0 Å². The lowest BCUT2D eigenvalue weighted by molar-refractivity contribution is -0.167. The van der Waals surface area contributed by atoms with Gasteiger partial charge in [-0.3, -0.25) is 14.4 Å². The molecule has 0 saturated carbocycles. The van der Waals surface area contributed by atoms with Crippen LogP contribution in [0, 0.1) is 0 Å². The Morgan fingerprint density at radius 1 is 0.260 bits per heavy atom. The van der Waals surface area contributed by atoms with Crippen molar-refractivity contribution >= 4 is 17.9 Å². The summed E-state index contributed by atoms with van der Waals surface area (Å²) in [6, 6.07) is 0. The van der Waals surface area contributed by atoms with Gasteiger partial charge in [-0.25, -0.2) is 0 Å². The number of allylic oxidation sites excluding steroid dienone is 32. The van der Waals surface area contributed by atoms with E-state index in [0.717, 1.165) is 161 Å². The largest absolute Gasteiger partial charge is 0.462 e. The van der Waals surface area contributed by atoms with Gasteiger partial charge in [0.2, 0.25) is 0 Å². The van der Waals surface area contributed by atoms with Crippen molar-refractivity contribution in [3.63, 3.8) is 0 Å². The van der Waals surface area contributed by atoms with E-state index in [1.165, 1.54) is 0 Å². The summed E-state index contributed by atoms with van der Waals surface area (Å²) in [6.07, 6.45) is 95.7. The van der Waals surface area contributed by atoms with Gasteiger partial charge in [0.25, 0.3) is 0 Å². The molecule has 0 saturated heterocycles. The predicted molar refractivity (Wildman–Crippen MR) is 334 cm³/mol. The zero-order valence-electron chi connectivity index (χ0n) is 48.6. The van der Waals surface area contributed by atoms with E-state index in [1.807, 2.05) is 0 Å². The summed E-state index contributed by atoms with van der Waals surface area (Å²) in [5, 5.41) is 0. The number of esters is 3. The van der Waals surface area contributed by atoms with Crippen LogP contribution in [0.1, 0.15) is 213 Å². The van der Waals surface area contributed by atoms with Gasteiger partial charge in [-0.2, -0.15) is 0 Å². The topological polar surface area (TPSA) is 78.9 Å². The summed E-state index contributed by atoms with van der Waals surface area (Å²) in [5.41, 5.74) is 0. The second-order valence-corrected chi connectivity index (χ2v) is 18.8. The van der Waals surface area contributed by atoms with Crippen molar-refractivity contribution in [2.24, 2.45) is 0 Å². The molecule has 1 unspecified atom stereocenters. The zero-order chi connectivity index (χ0) is 55.7. The van der Waals surface area contributed by atoms with E-state index >= 15 is 0 Å². The summed E-state index contributed by atoms with van der Waals surface area (Å²) in [5.74, 6) is -1.06. The highest BCUT2D eigenvalue weighted by molar-refractivity contribution is 5.71. The normalized spacial score (nSPS) is 13.5. The molecule has 0 heterocycles. The molecule has 0 spiro atoms. The fourth-order valence-corrected chi connectivity index (χ4v) is 7.20. The Morgan fingerprint density at radius 2 is 0.468 bits per heavy atom. The lowest BCUT2D eigenvalue weighted by atomic mass is 10.1. The average Bonchev–Trinajstić information content (AvgIpc) is 3.43. The minimum absolute atomic E-state index is 0.134. The van der Waals surface area contributed by atoms with Crippen molar-refractivity contribution in [3.05, 3.63) is 194 Å². The molecule has 0 aliphatic heterocycles. The minimum atomic E-state index is -0.843. The highest BCUT2D eigenvalue weighted by Crippen LogP contribution is 2.11. The Kier molecular flexibility index (Phi) is 58.1. The smallest absolute Gasteiger partial charge is 0.306 e. The number of hydrogen-bond donors (Lipinski definition) is 0. The standard InChI is InChI=1S/C71H106O6/c1-4-7-10-13-16-19-22-25-28-30-32-34-35-37-38-40-43-46-49-52-55-58-61-64-70(73)76-67-68(66-75-69(72)63-60-57-54-51-48-45-42-27-24-21-18-15-12-9-6-3)77-71(74)65-62-59-56-53-50-47-44-41-39-36-33-31-29-26-23-20-17-14-11-8-5-2/h7-12,16-21,25-29,32-34,36-38,41-44,46,48,50-51,53,68H,4-6,13-15,22-24,30-31,35,39-40,45,47,49,52,54-67H2,1-3H3/b10-7-,11-8-,12-9-,19-16-,20-17-,21-18-,28-25-,29-26-,34-32-,36-33-,38-37-,42-27-,44-41-,46-43-,51-48-,53-50-. The third-order valence-corrected chi connectivity index (χ3v) is 11.6. The molecule has 1 atom stereocenters. The second-order valence-electron chi connectivity index (χ2n) is 18.8. The molecule has 0 bridgehead atoms. The van der Waals surface area contributed by atoms with Gasteiger partial charge in [-0.05, 0) is 161 Å². The summed E-state index contributed by atoms with van der Waals surface area (Å²) in [6.45, 7) is 6.18. The second kappa shape index (κ2) is 62.8. The molecule has 0 radical (unpaired) electrons. The number of rotatable bonds is 51. The SMILES string of the molecule is CC/C=C\C/C=C\C/C=C\C/C=C\C/C=C\C/C=C\CCCCCCC(=O)OCC(COC(=O)CCCC/C=C\C/C=C\C/C=C\C/C=C\CC)OC(=O)CCCC/C=C\C/C=C\C/C=C\C/C=C\C/C=C\C/C=C\CC. The van der Waals surface area contributed by atoms with Crippen LogP contribution in [0.25, 0.3) is 0 Å². The third kappa shape index (κ3) is 61.0. The van der Waals surface area contributed by atoms with E-state index in [2.05, 4.69) is 215 Å². The van der Waals surface area contributed by atoms with Crippen molar-refractivity contribution in [1.29, 1.82) is 0 Å². The average molecular weight is 1060 g/mol. The van der Waals surface area contributed by atoms with Crippen molar-refractivity contribution in [2.45, 2.75) is 219 Å². The molecule has 0 aliphatic rings. The van der Waals surface area contributed by atoms with Crippen molar-refractivity contribution in [3.8, 4) is 0 Å². The molecule has 0 fully saturated rings. The van der Waals surface area contributed by atoms with Crippen LogP contribution in [0.15, 0.2) is 194 Å². The first kappa shape index (κ1) is 71.2. The number of hydrogen-bond acceptors (Lipinski definition) is 6. The van der Waals surface area contributed by atoms with E-state index in [9.17, 15) is 14.4 Å². The van der Waals surface area contributed by atoms with Crippen molar-refractivity contribution < 1.29 is 28.6 Å². The summed E-state index contributed by atoms with van der Waals surface area (Å²) >= 11 is 0. The predicted octanol–water partition coefficient (Wildman–Crippen LogP) is 20.6. The van der Waals surface area contributed by atoms with Crippen LogP contribution < -0.4 is 0 Å². The van der Waals surface area contributed by atoms with Crippen LogP contribution in [0.2, 0.25) is 0 Å². The maximum Gasteiger partial charge on any atom is 0.306 e. The number of carbonyl (C=O) groups is 3. The van der Waals surface area contributed by atoms with Gasteiger partial charge in [-0.1, -0.05) is 228 Å². The molecule has 6 nitrogen and oxygen atoms in total. The Morgan fingerprint density at radius 3 is 0.740 bits per heavy atom. The Hall–Kier alpha value is -5.75. The lowest BCUT2D eigenvalue weighted by Gasteiger charge is -2.18. The van der Waals surface area contributed by atoms with Gasteiger partial charge in [0.05, 0.1) is 0 Å². The summed E-state index contributed by atoms with van der Waals surface area (Å²) in [4.78, 5) is 38.2. The van der Waals surface area contributed by atoms with Crippen LogP contribution in [0.5, 0.6) is 0 Å². The molecule has 0 N–H and O–H groups in total. The first-order valence-corrected chi connectivity index (χ1v) is 29.9. The van der Waals surface area contributed by atoms with E-state index in [1.54, 1.807) is 0 Å². The molecular formula is C71H106O6. The fraction of sp³-hybridized carbons (Fsp3) is 0.507. The third-order valence-electron chi connectivity index (χ3n) is 11.6. The number of ether oxygens (including phenoxy) is 3. The molecular weight excluding hydrogens is 949 g/mol. The summed E-state index contributed by atoms with van der Waals surface area (Å²) in [7, 11) is 0. The van der Waals surface area contributed by atoms with E-state index < -0.39 is 6.10 Å². The molecule has 77 heavy (non-hydrogen) atoms. The fourth-order valence-electron chi connectivity index (χ4n) is 7.20. The van der Waals surface area contributed by atoms with E-state index in [0.29, 0.717) is 19.3 Å². The molecule has 0 rings (SSSR count). The molecule has 0 aromatic heterocycles. The highest BCUT2D eigenvalue weighted by Gasteiger charge is 2.19. The van der Waals surface area contributed by atoms with Crippen molar-refractivity contribution in [2.75, 3.05) is 13.2 Å². The lowest BCUT2D eigenvalue weighted by Crippen LogP contribution is -2.30. The van der Waals surface area contributed by atoms with Gasteiger partial charge in [0.1, 0.15) is 13.2 Å². The van der Waals surface area contributed by atoms with Crippen LogP contribution >= 0.6 is 0 Å². The monoisotopic (exact) mass is 1050 g/mol. The Bertz CT molecular complexity index is 1880. The van der Waals surface area contributed by atoms with Gasteiger partial charge in [0, 0.05) is 19.3 Å². The van der Waals surface area contributed by atoms with E-state index in [-0.39, 0.29) is 44.0 Å². The molecule has 426 valence electrons. The minimum Gasteiger partial charge on any atom is -0.462 e. The number of carbonyl (C=O) groups excluding carboxylic acids is 3. The molecule has 0 aromatic carbocycles. The zero-order valence-corrected chi connectivity index (χ0v) is 48.6. The first-order chi connectivity index (χ1) is 38.0. The van der Waals surface area contributed by atoms with Gasteiger partial charge < -0.3 is 14.2 Å². The maximum atomic E-state index is 12.9. The highest BCUT2D eigenvalue weighted by atomic mass is 16.6. The summed E-state index contributed by atoms with van der Waals surface area (Å²) < 4.78 is 16.8. The number of unbranched alkanes of at least 4 members (excludes halogenated alkanes) is 8.